The summed E-state index contributed by atoms with van der Waals surface area (Å²) < 4.78 is 13.2. The molecule has 0 radical (unpaired) electrons. The van der Waals surface area contributed by atoms with Gasteiger partial charge in [0.05, 0.1) is 5.71 Å². The van der Waals surface area contributed by atoms with Gasteiger partial charge in [-0.15, -0.1) is 0 Å². The summed E-state index contributed by atoms with van der Waals surface area (Å²) in [5, 5.41) is 10.2. The van der Waals surface area contributed by atoms with Gasteiger partial charge in [0.2, 0.25) is 0 Å². The predicted octanol–water partition coefficient (Wildman–Crippen LogP) is 3.17. The molecule has 0 amide bonds. The monoisotopic (exact) mass is 233 g/mol. The molecular formula is C14H16FNO. The number of aliphatic hydroxyl groups excluding tert-OH is 1. The lowest BCUT2D eigenvalue weighted by molar-refractivity contribution is 0.244. The van der Waals surface area contributed by atoms with Gasteiger partial charge in [0.1, 0.15) is 11.9 Å². The molecule has 0 saturated carbocycles. The lowest BCUT2D eigenvalue weighted by Gasteiger charge is -2.15. The Kier molecular flexibility index (Phi) is 3.69. The number of benzene rings is 1. The Labute approximate surface area is 101 Å². The molecule has 1 aliphatic rings. The van der Waals surface area contributed by atoms with Gasteiger partial charge in [-0.05, 0) is 29.7 Å². The highest BCUT2D eigenvalue weighted by Crippen LogP contribution is 2.24. The van der Waals surface area contributed by atoms with Crippen LogP contribution in [0.25, 0.3) is 0 Å². The summed E-state index contributed by atoms with van der Waals surface area (Å²) in [5.41, 5.74) is 2.37. The summed E-state index contributed by atoms with van der Waals surface area (Å²) in [6, 6.07) is 4.55. The normalized spacial score (nSPS) is 16.1. The van der Waals surface area contributed by atoms with Crippen molar-refractivity contribution in [3.8, 4) is 0 Å². The van der Waals surface area contributed by atoms with Gasteiger partial charge in [-0.3, -0.25) is 4.99 Å². The number of allylic oxidation sites excluding steroid dienone is 1. The Morgan fingerprint density at radius 2 is 2.29 bits per heavy atom. The highest BCUT2D eigenvalue weighted by molar-refractivity contribution is 5.92. The molecule has 1 unspecified atom stereocenters. The first-order valence-electron chi connectivity index (χ1n) is 5.90. The van der Waals surface area contributed by atoms with Crippen molar-refractivity contribution >= 4 is 5.71 Å². The second-order valence-corrected chi connectivity index (χ2v) is 4.21. The molecule has 3 heteroatoms. The number of hydrogen-bond donors (Lipinski definition) is 1. The van der Waals surface area contributed by atoms with Crippen molar-refractivity contribution in [2.45, 2.75) is 32.3 Å². The Morgan fingerprint density at radius 1 is 1.47 bits per heavy atom. The van der Waals surface area contributed by atoms with Crippen molar-refractivity contribution < 1.29 is 9.50 Å². The molecule has 0 bridgehead atoms. The average molecular weight is 233 g/mol. The van der Waals surface area contributed by atoms with Crippen molar-refractivity contribution in [3.63, 3.8) is 0 Å². The fraction of sp³-hybridized carbons (Fsp3) is 0.357. The SMILES string of the molecule is CCCc1cc(F)ccc1C(O)C1=NC=CC1. The Morgan fingerprint density at radius 3 is 2.94 bits per heavy atom. The molecule has 17 heavy (non-hydrogen) atoms. The second-order valence-electron chi connectivity index (χ2n) is 4.21. The molecule has 1 N–H and O–H groups in total. The molecule has 0 spiro atoms. The highest BCUT2D eigenvalue weighted by Gasteiger charge is 2.19. The van der Waals surface area contributed by atoms with Crippen LogP contribution in [0.1, 0.15) is 37.0 Å². The van der Waals surface area contributed by atoms with Gasteiger partial charge in [0.25, 0.3) is 0 Å². The first kappa shape index (κ1) is 12.0. The maximum absolute atomic E-state index is 13.2. The second kappa shape index (κ2) is 5.23. The molecule has 1 atom stereocenters. The number of aryl methyl sites for hydroxylation is 1. The van der Waals surface area contributed by atoms with E-state index in [1.165, 1.54) is 12.1 Å². The summed E-state index contributed by atoms with van der Waals surface area (Å²) in [7, 11) is 0. The zero-order valence-corrected chi connectivity index (χ0v) is 9.86. The molecule has 0 aromatic heterocycles. The molecule has 2 nitrogen and oxygen atoms in total. The van der Waals surface area contributed by atoms with Crippen LogP contribution in [0, 0.1) is 5.82 Å². The third kappa shape index (κ3) is 2.61. The average Bonchev–Trinajstić information content (AvgIpc) is 2.82. The number of rotatable bonds is 4. The van der Waals surface area contributed by atoms with Crippen LogP contribution in [0.3, 0.4) is 0 Å². The van der Waals surface area contributed by atoms with E-state index in [0.717, 1.165) is 29.7 Å². The van der Waals surface area contributed by atoms with Gasteiger partial charge in [-0.25, -0.2) is 4.39 Å². The molecule has 1 aliphatic heterocycles. The van der Waals surface area contributed by atoms with Crippen molar-refractivity contribution in [3.05, 3.63) is 47.4 Å². The van der Waals surface area contributed by atoms with Crippen LogP contribution < -0.4 is 0 Å². The maximum Gasteiger partial charge on any atom is 0.123 e. The van der Waals surface area contributed by atoms with Crippen LogP contribution in [0.15, 0.2) is 35.5 Å². The Bertz CT molecular complexity index is 465. The summed E-state index contributed by atoms with van der Waals surface area (Å²) in [6.45, 7) is 2.04. The first-order valence-corrected chi connectivity index (χ1v) is 5.90. The fourth-order valence-corrected chi connectivity index (χ4v) is 2.06. The Hall–Kier alpha value is -1.48. The lowest BCUT2D eigenvalue weighted by atomic mass is 9.95. The zero-order chi connectivity index (χ0) is 12.3. The van der Waals surface area contributed by atoms with E-state index >= 15 is 0 Å². The van der Waals surface area contributed by atoms with Crippen LogP contribution in [0.2, 0.25) is 0 Å². The van der Waals surface area contributed by atoms with Crippen LogP contribution in [0.4, 0.5) is 4.39 Å². The van der Waals surface area contributed by atoms with Gasteiger partial charge >= 0.3 is 0 Å². The minimum absolute atomic E-state index is 0.254. The van der Waals surface area contributed by atoms with E-state index in [1.807, 2.05) is 13.0 Å². The molecule has 1 aromatic carbocycles. The lowest BCUT2D eigenvalue weighted by Crippen LogP contribution is -2.12. The van der Waals surface area contributed by atoms with E-state index in [2.05, 4.69) is 4.99 Å². The third-order valence-electron chi connectivity index (χ3n) is 2.91. The van der Waals surface area contributed by atoms with E-state index in [1.54, 1.807) is 12.3 Å². The number of nitrogens with zero attached hydrogens (tertiary/aromatic N) is 1. The summed E-state index contributed by atoms with van der Waals surface area (Å²) in [6.07, 6.45) is 5.25. The number of aliphatic hydroxyl groups is 1. The summed E-state index contributed by atoms with van der Waals surface area (Å²) in [5.74, 6) is -0.254. The number of hydrogen-bond acceptors (Lipinski definition) is 2. The number of halogens is 1. The molecule has 1 aromatic rings. The fourth-order valence-electron chi connectivity index (χ4n) is 2.06. The Balaban J connectivity index is 2.30. The highest BCUT2D eigenvalue weighted by atomic mass is 19.1. The van der Waals surface area contributed by atoms with Gasteiger partial charge < -0.3 is 5.11 Å². The van der Waals surface area contributed by atoms with Crippen LogP contribution >= 0.6 is 0 Å². The minimum atomic E-state index is -0.716. The van der Waals surface area contributed by atoms with Gasteiger partial charge in [-0.2, -0.15) is 0 Å². The molecule has 0 saturated heterocycles. The number of aliphatic imine (C=N–C) groups is 1. The van der Waals surface area contributed by atoms with Gasteiger partial charge in [-0.1, -0.05) is 25.5 Å². The van der Waals surface area contributed by atoms with Crippen LogP contribution in [0.5, 0.6) is 0 Å². The standard InChI is InChI=1S/C14H16FNO/c1-2-4-10-9-11(15)6-7-12(10)14(17)13-5-3-8-16-13/h3,6-9,14,17H,2,4-5H2,1H3. The van der Waals surface area contributed by atoms with Crippen LogP contribution in [-0.4, -0.2) is 10.8 Å². The largest absolute Gasteiger partial charge is 0.382 e. The van der Waals surface area contributed by atoms with Crippen molar-refractivity contribution in [1.82, 2.24) is 0 Å². The quantitative estimate of drug-likeness (QED) is 0.851. The minimum Gasteiger partial charge on any atom is -0.382 e. The van der Waals surface area contributed by atoms with Crippen molar-refractivity contribution in [1.29, 1.82) is 0 Å². The molecular weight excluding hydrogens is 217 g/mol. The van der Waals surface area contributed by atoms with Gasteiger partial charge in [0.15, 0.2) is 0 Å². The molecule has 1 heterocycles. The van der Waals surface area contributed by atoms with Crippen molar-refractivity contribution in [2.75, 3.05) is 0 Å². The maximum atomic E-state index is 13.2. The van der Waals surface area contributed by atoms with E-state index in [-0.39, 0.29) is 5.82 Å². The summed E-state index contributed by atoms with van der Waals surface area (Å²) in [4.78, 5) is 4.13. The van der Waals surface area contributed by atoms with E-state index in [4.69, 9.17) is 0 Å². The van der Waals surface area contributed by atoms with E-state index < -0.39 is 6.10 Å². The molecule has 0 aliphatic carbocycles. The van der Waals surface area contributed by atoms with Crippen molar-refractivity contribution in [2.24, 2.45) is 4.99 Å². The third-order valence-corrected chi connectivity index (χ3v) is 2.91. The van der Waals surface area contributed by atoms with E-state index in [9.17, 15) is 9.50 Å². The van der Waals surface area contributed by atoms with Crippen LogP contribution in [-0.2, 0) is 6.42 Å². The molecule has 90 valence electrons. The predicted molar refractivity (Wildman–Crippen MR) is 66.5 cm³/mol. The summed E-state index contributed by atoms with van der Waals surface area (Å²) >= 11 is 0. The first-order chi connectivity index (χ1) is 8.22. The van der Waals surface area contributed by atoms with E-state index in [0.29, 0.717) is 6.42 Å². The zero-order valence-electron chi connectivity index (χ0n) is 9.86. The molecule has 2 rings (SSSR count). The molecule has 0 fully saturated rings. The smallest absolute Gasteiger partial charge is 0.123 e. The topological polar surface area (TPSA) is 32.6 Å². The van der Waals surface area contributed by atoms with Gasteiger partial charge in [0, 0.05) is 12.6 Å².